The van der Waals surface area contributed by atoms with Crippen LogP contribution >= 0.6 is 12.4 Å². The van der Waals surface area contributed by atoms with Crippen molar-refractivity contribution in [3.05, 3.63) is 28.0 Å². The quantitative estimate of drug-likeness (QED) is 0.611. The van der Waals surface area contributed by atoms with Gasteiger partial charge in [-0.2, -0.15) is 0 Å². The second kappa shape index (κ2) is 9.19. The summed E-state index contributed by atoms with van der Waals surface area (Å²) in [4.78, 5) is 28.9. The molecule has 0 aliphatic heterocycles. The molecular formula is C18H27ClN4O3. The van der Waals surface area contributed by atoms with Crippen LogP contribution in [-0.2, 0) is 7.05 Å². The number of carbonyl (C=O) groups is 1. The Morgan fingerprint density at radius 1 is 1.27 bits per heavy atom. The third kappa shape index (κ3) is 4.45. The van der Waals surface area contributed by atoms with E-state index in [1.807, 2.05) is 0 Å². The molecule has 26 heavy (non-hydrogen) atoms. The third-order valence-electron chi connectivity index (χ3n) is 4.87. The highest BCUT2D eigenvalue weighted by Crippen LogP contribution is 2.20. The summed E-state index contributed by atoms with van der Waals surface area (Å²) in [5.74, 6) is 0.129. The van der Waals surface area contributed by atoms with E-state index in [-0.39, 0.29) is 40.5 Å². The molecule has 2 aromatic rings. The number of hydrogen-bond donors (Lipinski definition) is 2. The molecule has 0 aromatic carbocycles. The van der Waals surface area contributed by atoms with Crippen LogP contribution in [0.5, 0.6) is 0 Å². The van der Waals surface area contributed by atoms with Gasteiger partial charge in [0.25, 0.3) is 11.5 Å². The van der Waals surface area contributed by atoms with Gasteiger partial charge in [0.1, 0.15) is 17.5 Å². The monoisotopic (exact) mass is 382 g/mol. The topological polar surface area (TPSA) is 89.2 Å². The largest absolute Gasteiger partial charge is 0.442 e. The van der Waals surface area contributed by atoms with Crippen LogP contribution in [0, 0.1) is 6.92 Å². The van der Waals surface area contributed by atoms with Gasteiger partial charge in [-0.05, 0) is 19.8 Å². The maximum Gasteiger partial charge on any atom is 0.265 e. The highest BCUT2D eigenvalue weighted by Gasteiger charge is 2.22. The molecule has 7 nitrogen and oxygen atoms in total. The van der Waals surface area contributed by atoms with Crippen molar-refractivity contribution in [3.63, 3.8) is 0 Å². The first-order valence-electron chi connectivity index (χ1n) is 9.04. The van der Waals surface area contributed by atoms with Crippen LogP contribution in [0.1, 0.15) is 54.6 Å². The van der Waals surface area contributed by atoms with E-state index < -0.39 is 0 Å². The normalized spacial score (nSPS) is 15.5. The standard InChI is InChI=1S/C18H26N4O3.ClH/c1-12-14(15-17(25-12)21-11-22(2)18(15)24)16(23)20-10-9-19-13-7-5-3-4-6-8-13;/h11,13,19H,3-10H2,1-2H3,(H,20,23);1H. The van der Waals surface area contributed by atoms with E-state index in [1.165, 1.54) is 49.4 Å². The van der Waals surface area contributed by atoms with Gasteiger partial charge >= 0.3 is 0 Å². The first kappa shape index (κ1) is 20.5. The predicted molar refractivity (Wildman–Crippen MR) is 103 cm³/mol. The summed E-state index contributed by atoms with van der Waals surface area (Å²) in [7, 11) is 1.61. The number of hydrogen-bond acceptors (Lipinski definition) is 5. The van der Waals surface area contributed by atoms with E-state index >= 15 is 0 Å². The van der Waals surface area contributed by atoms with Gasteiger partial charge < -0.3 is 19.6 Å². The van der Waals surface area contributed by atoms with E-state index in [1.54, 1.807) is 14.0 Å². The highest BCUT2D eigenvalue weighted by atomic mass is 35.5. The number of nitrogens with zero attached hydrogens (tertiary/aromatic N) is 2. The average Bonchev–Trinajstić information content (AvgIpc) is 2.76. The summed E-state index contributed by atoms with van der Waals surface area (Å²) in [5, 5.41) is 6.65. The Bertz CT molecular complexity index is 807. The van der Waals surface area contributed by atoms with Crippen LogP contribution in [-0.4, -0.2) is 34.6 Å². The fourth-order valence-corrected chi connectivity index (χ4v) is 3.48. The molecule has 2 heterocycles. The molecule has 144 valence electrons. The van der Waals surface area contributed by atoms with Crippen LogP contribution in [0.2, 0.25) is 0 Å². The minimum absolute atomic E-state index is 0. The molecule has 1 fully saturated rings. The average molecular weight is 383 g/mol. The summed E-state index contributed by atoms with van der Waals surface area (Å²) in [6, 6.07) is 0.549. The summed E-state index contributed by atoms with van der Waals surface area (Å²) in [5.41, 5.74) is 0.226. The number of carbonyl (C=O) groups excluding carboxylic acids is 1. The first-order chi connectivity index (χ1) is 12.1. The van der Waals surface area contributed by atoms with E-state index in [0.29, 0.717) is 18.3 Å². The minimum atomic E-state index is -0.288. The predicted octanol–water partition coefficient (Wildman–Crippen LogP) is 2.30. The number of halogens is 1. The van der Waals surface area contributed by atoms with Crippen molar-refractivity contribution >= 4 is 29.4 Å². The van der Waals surface area contributed by atoms with Gasteiger partial charge in [0.2, 0.25) is 5.71 Å². The van der Waals surface area contributed by atoms with Gasteiger partial charge in [0.05, 0.1) is 5.56 Å². The Hall–Kier alpha value is -1.86. The maximum atomic E-state index is 12.5. The molecule has 0 saturated heterocycles. The van der Waals surface area contributed by atoms with Gasteiger partial charge in [-0.1, -0.05) is 25.7 Å². The number of aromatic nitrogens is 2. The smallest absolute Gasteiger partial charge is 0.265 e. The van der Waals surface area contributed by atoms with Gasteiger partial charge in [-0.3, -0.25) is 9.59 Å². The Balaban J connectivity index is 0.00000243. The van der Waals surface area contributed by atoms with Crippen LogP contribution in [0.25, 0.3) is 11.1 Å². The Kier molecular flexibility index (Phi) is 7.23. The second-order valence-corrected chi connectivity index (χ2v) is 6.77. The Morgan fingerprint density at radius 3 is 2.65 bits per heavy atom. The van der Waals surface area contributed by atoms with Gasteiger partial charge in [0, 0.05) is 26.2 Å². The number of fused-ring (bicyclic) bond motifs is 1. The lowest BCUT2D eigenvalue weighted by molar-refractivity contribution is 0.0953. The van der Waals surface area contributed by atoms with Crippen LogP contribution in [0.3, 0.4) is 0 Å². The van der Waals surface area contributed by atoms with Crippen molar-refractivity contribution in [1.82, 2.24) is 20.2 Å². The zero-order valence-corrected chi connectivity index (χ0v) is 16.2. The molecule has 1 saturated carbocycles. The minimum Gasteiger partial charge on any atom is -0.442 e. The molecule has 0 radical (unpaired) electrons. The van der Waals surface area contributed by atoms with Gasteiger partial charge in [-0.15, -0.1) is 12.4 Å². The van der Waals surface area contributed by atoms with E-state index in [9.17, 15) is 9.59 Å². The highest BCUT2D eigenvalue weighted by molar-refractivity contribution is 6.06. The van der Waals surface area contributed by atoms with Crippen molar-refractivity contribution < 1.29 is 9.21 Å². The summed E-state index contributed by atoms with van der Waals surface area (Å²) in [6.07, 6.45) is 9.02. The molecule has 0 spiro atoms. The number of amides is 1. The zero-order valence-electron chi connectivity index (χ0n) is 15.3. The molecule has 1 amide bonds. The summed E-state index contributed by atoms with van der Waals surface area (Å²) < 4.78 is 6.82. The molecule has 0 unspecified atom stereocenters. The van der Waals surface area contributed by atoms with Gasteiger partial charge in [0.15, 0.2) is 0 Å². The first-order valence-corrected chi connectivity index (χ1v) is 9.04. The molecule has 8 heteroatoms. The number of furan rings is 1. The summed E-state index contributed by atoms with van der Waals surface area (Å²) >= 11 is 0. The fraction of sp³-hybridized carbons (Fsp3) is 0.611. The molecule has 0 bridgehead atoms. The van der Waals surface area contributed by atoms with Crippen molar-refractivity contribution in [3.8, 4) is 0 Å². The molecule has 1 aliphatic carbocycles. The molecule has 3 rings (SSSR count). The second-order valence-electron chi connectivity index (χ2n) is 6.77. The van der Waals surface area contributed by atoms with Gasteiger partial charge in [-0.25, -0.2) is 4.98 Å². The van der Waals surface area contributed by atoms with Crippen LogP contribution < -0.4 is 16.2 Å². The molecule has 0 atom stereocenters. The number of nitrogens with one attached hydrogen (secondary N) is 2. The number of aryl methyl sites for hydroxylation is 2. The zero-order chi connectivity index (χ0) is 17.8. The lowest BCUT2D eigenvalue weighted by Crippen LogP contribution is -2.37. The fourth-order valence-electron chi connectivity index (χ4n) is 3.48. The Labute approximate surface area is 159 Å². The SMILES string of the molecule is Cc1oc2ncn(C)c(=O)c2c1C(=O)NCCNC1CCCCCC1.Cl. The van der Waals surface area contributed by atoms with Crippen molar-refractivity contribution in [1.29, 1.82) is 0 Å². The molecule has 2 N–H and O–H groups in total. The summed E-state index contributed by atoms with van der Waals surface area (Å²) in [6.45, 7) is 2.92. The molecular weight excluding hydrogens is 356 g/mol. The number of rotatable bonds is 5. The van der Waals surface area contributed by atoms with Crippen molar-refractivity contribution in [2.75, 3.05) is 13.1 Å². The Morgan fingerprint density at radius 2 is 1.96 bits per heavy atom. The third-order valence-corrected chi connectivity index (χ3v) is 4.87. The van der Waals surface area contributed by atoms with Crippen molar-refractivity contribution in [2.24, 2.45) is 7.05 Å². The van der Waals surface area contributed by atoms with E-state index in [2.05, 4.69) is 15.6 Å². The maximum absolute atomic E-state index is 12.5. The molecule has 2 aromatic heterocycles. The van der Waals surface area contributed by atoms with Crippen LogP contribution in [0.4, 0.5) is 0 Å². The van der Waals surface area contributed by atoms with E-state index in [0.717, 1.165) is 6.54 Å². The van der Waals surface area contributed by atoms with E-state index in [4.69, 9.17) is 4.42 Å². The van der Waals surface area contributed by atoms with Crippen LogP contribution in [0.15, 0.2) is 15.5 Å². The molecule has 1 aliphatic rings. The lowest BCUT2D eigenvalue weighted by Gasteiger charge is -2.16. The lowest BCUT2D eigenvalue weighted by atomic mass is 10.1. The van der Waals surface area contributed by atoms with Crippen molar-refractivity contribution in [2.45, 2.75) is 51.5 Å².